The first kappa shape index (κ1) is 11.3. The Bertz CT molecular complexity index is 339. The Balaban J connectivity index is 2.47. The summed E-state index contributed by atoms with van der Waals surface area (Å²) < 4.78 is 0.898. The minimum absolute atomic E-state index is 0.0521. The van der Waals surface area contributed by atoms with Crippen LogP contribution in [0.1, 0.15) is 32.6 Å². The minimum Gasteiger partial charge on any atom is -0.390 e. The maximum atomic E-state index is 11.9. The van der Waals surface area contributed by atoms with Crippen LogP contribution in [-0.4, -0.2) is 27.7 Å². The van der Waals surface area contributed by atoms with E-state index in [-0.39, 0.29) is 5.78 Å². The Labute approximate surface area is 97.3 Å². The zero-order valence-electron chi connectivity index (χ0n) is 8.66. The number of rotatable bonds is 0. The van der Waals surface area contributed by atoms with Gasteiger partial charge in [-0.05, 0) is 30.7 Å². The summed E-state index contributed by atoms with van der Waals surface area (Å²) >= 11 is 3.38. The Hall–Kier alpha value is -0.190. The fraction of sp³-hybridized carbons (Fsp3) is 0.727. The largest absolute Gasteiger partial charge is 0.390 e. The number of hydrogen-bond donors (Lipinski definition) is 2. The van der Waals surface area contributed by atoms with Crippen LogP contribution in [0.5, 0.6) is 0 Å². The number of fused-ring (bicyclic) bond motifs is 1. The fourth-order valence-electron chi connectivity index (χ4n) is 2.73. The van der Waals surface area contributed by atoms with Crippen LogP contribution in [0.4, 0.5) is 0 Å². The fourth-order valence-corrected chi connectivity index (χ4v) is 3.48. The number of allylic oxidation sites excluding steroid dienone is 1. The molecule has 15 heavy (non-hydrogen) atoms. The molecule has 0 aromatic rings. The summed E-state index contributed by atoms with van der Waals surface area (Å²) in [7, 11) is 0. The van der Waals surface area contributed by atoms with Gasteiger partial charge in [-0.2, -0.15) is 0 Å². The molecule has 2 N–H and O–H groups in total. The third-order valence-electron chi connectivity index (χ3n) is 3.94. The van der Waals surface area contributed by atoms with Crippen LogP contribution in [0.25, 0.3) is 0 Å². The van der Waals surface area contributed by atoms with E-state index in [4.69, 9.17) is 0 Å². The molecule has 0 aliphatic heterocycles. The smallest absolute Gasteiger partial charge is 0.142 e. The quantitative estimate of drug-likeness (QED) is 0.704. The lowest BCUT2D eigenvalue weighted by Gasteiger charge is -2.39. The van der Waals surface area contributed by atoms with Crippen molar-refractivity contribution in [3.63, 3.8) is 0 Å². The van der Waals surface area contributed by atoms with Crippen molar-refractivity contribution in [2.24, 2.45) is 5.41 Å². The second-order valence-electron chi connectivity index (χ2n) is 4.76. The number of aliphatic hydroxyl groups is 2. The predicted octanol–water partition coefficient (Wildman–Crippen LogP) is 1.52. The first-order valence-corrected chi connectivity index (χ1v) is 5.98. The van der Waals surface area contributed by atoms with Crippen molar-refractivity contribution in [3.05, 3.63) is 10.6 Å². The van der Waals surface area contributed by atoms with Crippen molar-refractivity contribution >= 4 is 21.7 Å². The maximum Gasteiger partial charge on any atom is 0.142 e. The summed E-state index contributed by atoms with van der Waals surface area (Å²) in [6.45, 7) is 1.76. The van der Waals surface area contributed by atoms with Crippen LogP contribution in [0.2, 0.25) is 0 Å². The highest BCUT2D eigenvalue weighted by Crippen LogP contribution is 2.52. The van der Waals surface area contributed by atoms with Gasteiger partial charge in [0, 0.05) is 6.42 Å². The lowest BCUT2D eigenvalue weighted by atomic mass is 9.71. The number of Topliss-reactive ketones (excluding diaryl/α,β-unsaturated/α-hetero) is 1. The number of halogens is 1. The van der Waals surface area contributed by atoms with E-state index in [9.17, 15) is 15.0 Å². The Morgan fingerprint density at radius 1 is 1.60 bits per heavy atom. The van der Waals surface area contributed by atoms with E-state index < -0.39 is 17.1 Å². The van der Waals surface area contributed by atoms with Crippen molar-refractivity contribution in [2.45, 2.75) is 44.3 Å². The molecule has 0 bridgehead atoms. The topological polar surface area (TPSA) is 57.5 Å². The van der Waals surface area contributed by atoms with Gasteiger partial charge in [-0.3, -0.25) is 4.79 Å². The number of ketones is 1. The first-order valence-electron chi connectivity index (χ1n) is 5.18. The molecule has 0 radical (unpaired) electrons. The molecule has 0 saturated heterocycles. The molecule has 0 aromatic carbocycles. The standard InChI is InChI=1S/C11H15BrO3/c1-10-6-7(12)2-3-9(14)11(10,15)5-4-8(10)13/h2,9,14-15H,3-6H2,1H3/t9-,10-,11-/m1/s1. The number of carbonyl (C=O) groups excluding carboxylic acids is 1. The molecule has 0 heterocycles. The highest BCUT2D eigenvalue weighted by Gasteiger charge is 2.60. The summed E-state index contributed by atoms with van der Waals surface area (Å²) in [5.74, 6) is 0.0521. The van der Waals surface area contributed by atoms with E-state index in [0.29, 0.717) is 25.7 Å². The average molecular weight is 275 g/mol. The summed E-state index contributed by atoms with van der Waals surface area (Å²) in [5.41, 5.74) is -2.09. The molecule has 0 spiro atoms. The first-order chi connectivity index (χ1) is 6.90. The molecule has 2 aliphatic rings. The van der Waals surface area contributed by atoms with E-state index >= 15 is 0 Å². The molecule has 1 fully saturated rings. The second kappa shape index (κ2) is 3.40. The third-order valence-corrected chi connectivity index (χ3v) is 4.54. The van der Waals surface area contributed by atoms with E-state index in [0.717, 1.165) is 4.48 Å². The monoisotopic (exact) mass is 274 g/mol. The van der Waals surface area contributed by atoms with Gasteiger partial charge in [0.15, 0.2) is 0 Å². The Morgan fingerprint density at radius 3 is 2.93 bits per heavy atom. The normalized spacial score (nSPS) is 46.0. The Morgan fingerprint density at radius 2 is 2.27 bits per heavy atom. The summed E-state index contributed by atoms with van der Waals surface area (Å²) in [4.78, 5) is 11.9. The molecule has 0 unspecified atom stereocenters. The molecule has 2 aliphatic carbocycles. The van der Waals surface area contributed by atoms with E-state index in [1.807, 2.05) is 6.08 Å². The number of aliphatic hydroxyl groups excluding tert-OH is 1. The molecule has 3 nitrogen and oxygen atoms in total. The predicted molar refractivity (Wildman–Crippen MR) is 59.5 cm³/mol. The van der Waals surface area contributed by atoms with Crippen LogP contribution in [0.15, 0.2) is 10.6 Å². The highest BCUT2D eigenvalue weighted by molar-refractivity contribution is 9.11. The van der Waals surface area contributed by atoms with Crippen LogP contribution < -0.4 is 0 Å². The SMILES string of the molecule is C[C@]12CC(Br)=CC[C@@H](O)[C@]1(O)CCC2=O. The van der Waals surface area contributed by atoms with E-state index in [1.165, 1.54) is 0 Å². The van der Waals surface area contributed by atoms with Gasteiger partial charge in [-0.15, -0.1) is 0 Å². The summed E-state index contributed by atoms with van der Waals surface area (Å²) in [6.07, 6.45) is 2.63. The van der Waals surface area contributed by atoms with Crippen molar-refractivity contribution in [3.8, 4) is 0 Å². The molecule has 3 atom stereocenters. The molecule has 0 amide bonds. The van der Waals surface area contributed by atoms with Gasteiger partial charge in [0.2, 0.25) is 0 Å². The van der Waals surface area contributed by atoms with Gasteiger partial charge in [0.1, 0.15) is 11.4 Å². The van der Waals surface area contributed by atoms with Crippen LogP contribution >= 0.6 is 15.9 Å². The van der Waals surface area contributed by atoms with Crippen LogP contribution in [0.3, 0.4) is 0 Å². The minimum atomic E-state index is -1.25. The average Bonchev–Trinajstić information content (AvgIpc) is 2.35. The zero-order valence-corrected chi connectivity index (χ0v) is 10.2. The second-order valence-corrected chi connectivity index (χ2v) is 5.78. The van der Waals surface area contributed by atoms with Gasteiger partial charge < -0.3 is 10.2 Å². The molecule has 0 aromatic heterocycles. The molecule has 84 valence electrons. The van der Waals surface area contributed by atoms with Gasteiger partial charge >= 0.3 is 0 Å². The van der Waals surface area contributed by atoms with E-state index in [1.54, 1.807) is 6.92 Å². The zero-order chi connectivity index (χ0) is 11.3. The van der Waals surface area contributed by atoms with Crippen molar-refractivity contribution < 1.29 is 15.0 Å². The molecular formula is C11H15BrO3. The molecule has 1 saturated carbocycles. The lowest BCUT2D eigenvalue weighted by Crippen LogP contribution is -2.52. The third kappa shape index (κ3) is 1.42. The molecular weight excluding hydrogens is 260 g/mol. The van der Waals surface area contributed by atoms with Crippen molar-refractivity contribution in [1.82, 2.24) is 0 Å². The lowest BCUT2D eigenvalue weighted by molar-refractivity contribution is -0.152. The number of hydrogen-bond acceptors (Lipinski definition) is 3. The summed E-state index contributed by atoms with van der Waals surface area (Å²) in [6, 6.07) is 0. The van der Waals surface area contributed by atoms with E-state index in [2.05, 4.69) is 15.9 Å². The van der Waals surface area contributed by atoms with Gasteiger partial charge in [0.25, 0.3) is 0 Å². The van der Waals surface area contributed by atoms with Gasteiger partial charge in [-0.1, -0.05) is 22.0 Å². The highest BCUT2D eigenvalue weighted by atomic mass is 79.9. The van der Waals surface area contributed by atoms with Crippen LogP contribution in [0, 0.1) is 5.41 Å². The van der Waals surface area contributed by atoms with Gasteiger partial charge in [-0.25, -0.2) is 0 Å². The maximum absolute atomic E-state index is 11.9. The van der Waals surface area contributed by atoms with Crippen molar-refractivity contribution in [2.75, 3.05) is 0 Å². The van der Waals surface area contributed by atoms with Crippen molar-refractivity contribution in [1.29, 1.82) is 0 Å². The number of carbonyl (C=O) groups is 1. The summed E-state index contributed by atoms with van der Waals surface area (Å²) in [5, 5.41) is 20.4. The van der Waals surface area contributed by atoms with Crippen LogP contribution in [-0.2, 0) is 4.79 Å². The molecule has 2 rings (SSSR count). The Kier molecular flexibility index (Phi) is 2.56. The van der Waals surface area contributed by atoms with Gasteiger partial charge in [0.05, 0.1) is 11.5 Å². The molecule has 4 heteroatoms.